The largest absolute Gasteiger partial charge is 0.322 e. The molecule has 3 rings (SSSR count). The van der Waals surface area contributed by atoms with E-state index in [2.05, 4.69) is 10.3 Å². The van der Waals surface area contributed by atoms with E-state index in [1.54, 1.807) is 23.7 Å². The SMILES string of the molecule is CCSc1nc2sccn2c(=O)c1C(=O)Nc1ccccc1. The number of thiazole rings is 1. The van der Waals surface area contributed by atoms with Crippen molar-refractivity contribution in [3.8, 4) is 0 Å². The normalized spacial score (nSPS) is 10.8. The maximum atomic E-state index is 12.6. The summed E-state index contributed by atoms with van der Waals surface area (Å²) in [6.07, 6.45) is 1.63. The lowest BCUT2D eigenvalue weighted by molar-refractivity contribution is 0.102. The highest BCUT2D eigenvalue weighted by Gasteiger charge is 2.20. The predicted octanol–water partition coefficient (Wildman–Crippen LogP) is 3.12. The lowest BCUT2D eigenvalue weighted by Crippen LogP contribution is -2.27. The molecule has 0 radical (unpaired) electrons. The van der Waals surface area contributed by atoms with E-state index in [-0.39, 0.29) is 11.1 Å². The van der Waals surface area contributed by atoms with E-state index < -0.39 is 5.91 Å². The molecule has 1 N–H and O–H groups in total. The van der Waals surface area contributed by atoms with Crippen molar-refractivity contribution in [3.05, 3.63) is 57.8 Å². The number of anilines is 1. The van der Waals surface area contributed by atoms with E-state index in [0.29, 0.717) is 15.7 Å². The van der Waals surface area contributed by atoms with Gasteiger partial charge in [0.15, 0.2) is 4.96 Å². The molecule has 0 aliphatic carbocycles. The molecule has 0 unspecified atom stereocenters. The van der Waals surface area contributed by atoms with Gasteiger partial charge in [-0.25, -0.2) is 4.98 Å². The van der Waals surface area contributed by atoms with Crippen LogP contribution in [-0.2, 0) is 0 Å². The van der Waals surface area contributed by atoms with E-state index in [9.17, 15) is 9.59 Å². The lowest BCUT2D eigenvalue weighted by Gasteiger charge is -2.08. The van der Waals surface area contributed by atoms with Crippen LogP contribution in [-0.4, -0.2) is 21.0 Å². The molecule has 0 aliphatic heterocycles. The first-order valence-corrected chi connectivity index (χ1v) is 8.56. The summed E-state index contributed by atoms with van der Waals surface area (Å²) < 4.78 is 1.41. The van der Waals surface area contributed by atoms with Crippen LogP contribution >= 0.6 is 23.1 Å². The minimum atomic E-state index is -0.430. The highest BCUT2D eigenvalue weighted by molar-refractivity contribution is 7.99. The lowest BCUT2D eigenvalue weighted by atomic mass is 10.2. The fourth-order valence-corrected chi connectivity index (χ4v) is 3.52. The standard InChI is InChI=1S/C15H13N3O2S2/c1-2-21-13-11(12(19)16-10-6-4-3-5-7-10)14(20)18-8-9-22-15(18)17-13/h3-9H,2H2,1H3,(H,16,19). The molecule has 1 aromatic carbocycles. The van der Waals surface area contributed by atoms with Crippen molar-refractivity contribution in [2.45, 2.75) is 11.9 Å². The van der Waals surface area contributed by atoms with Crippen molar-refractivity contribution in [2.75, 3.05) is 11.1 Å². The maximum Gasteiger partial charge on any atom is 0.272 e. The summed E-state index contributed by atoms with van der Waals surface area (Å²) in [6.45, 7) is 1.96. The van der Waals surface area contributed by atoms with Crippen molar-refractivity contribution in [2.24, 2.45) is 0 Å². The number of nitrogens with zero attached hydrogens (tertiary/aromatic N) is 2. The van der Waals surface area contributed by atoms with Crippen LogP contribution < -0.4 is 10.9 Å². The molecule has 22 heavy (non-hydrogen) atoms. The van der Waals surface area contributed by atoms with Crippen molar-refractivity contribution in [3.63, 3.8) is 0 Å². The van der Waals surface area contributed by atoms with Crippen LogP contribution in [0, 0.1) is 0 Å². The minimum absolute atomic E-state index is 0.0894. The van der Waals surface area contributed by atoms with Gasteiger partial charge in [-0.1, -0.05) is 25.1 Å². The van der Waals surface area contributed by atoms with Gasteiger partial charge in [0.1, 0.15) is 10.6 Å². The number of rotatable bonds is 4. The molecule has 7 heteroatoms. The molecule has 0 fully saturated rings. The van der Waals surface area contributed by atoms with Gasteiger partial charge in [0.2, 0.25) is 0 Å². The van der Waals surface area contributed by atoms with Crippen LogP contribution in [0.3, 0.4) is 0 Å². The molecular formula is C15H13N3O2S2. The zero-order chi connectivity index (χ0) is 15.5. The van der Waals surface area contributed by atoms with Crippen molar-refractivity contribution in [1.82, 2.24) is 9.38 Å². The van der Waals surface area contributed by atoms with Crippen LogP contribution in [0.2, 0.25) is 0 Å². The highest BCUT2D eigenvalue weighted by atomic mass is 32.2. The maximum absolute atomic E-state index is 12.6. The fraction of sp³-hybridized carbons (Fsp3) is 0.133. The first-order valence-electron chi connectivity index (χ1n) is 6.69. The molecule has 0 aliphatic rings. The number of benzene rings is 1. The average molecular weight is 331 g/mol. The molecule has 0 saturated heterocycles. The average Bonchev–Trinajstić information content (AvgIpc) is 2.97. The van der Waals surface area contributed by atoms with Crippen LogP contribution in [0.1, 0.15) is 17.3 Å². The Kier molecular flexibility index (Phi) is 4.26. The number of aromatic nitrogens is 2. The van der Waals surface area contributed by atoms with Gasteiger partial charge in [-0.05, 0) is 17.9 Å². The van der Waals surface area contributed by atoms with Gasteiger partial charge < -0.3 is 5.32 Å². The number of nitrogens with one attached hydrogen (secondary N) is 1. The molecule has 1 amide bonds. The molecule has 5 nitrogen and oxygen atoms in total. The van der Waals surface area contributed by atoms with Crippen LogP contribution in [0.4, 0.5) is 5.69 Å². The Morgan fingerprint density at radius 3 is 2.86 bits per heavy atom. The van der Waals surface area contributed by atoms with Crippen molar-refractivity contribution in [1.29, 1.82) is 0 Å². The number of carbonyl (C=O) groups is 1. The molecule has 112 valence electrons. The fourth-order valence-electron chi connectivity index (χ4n) is 2.01. The smallest absolute Gasteiger partial charge is 0.272 e. The van der Waals surface area contributed by atoms with E-state index in [0.717, 1.165) is 5.75 Å². The number of hydrogen-bond donors (Lipinski definition) is 1. The predicted molar refractivity (Wildman–Crippen MR) is 90.1 cm³/mol. The summed E-state index contributed by atoms with van der Waals surface area (Å²) in [7, 11) is 0. The Balaban J connectivity index is 2.07. The molecule has 0 spiro atoms. The monoisotopic (exact) mass is 331 g/mol. The molecule has 0 bridgehead atoms. The number of hydrogen-bond acceptors (Lipinski definition) is 5. The third-order valence-electron chi connectivity index (χ3n) is 2.97. The minimum Gasteiger partial charge on any atom is -0.322 e. The summed E-state index contributed by atoms with van der Waals surface area (Å²) in [5.74, 6) is 0.305. The Morgan fingerprint density at radius 1 is 1.36 bits per heavy atom. The van der Waals surface area contributed by atoms with Gasteiger partial charge >= 0.3 is 0 Å². The number of para-hydroxylation sites is 1. The van der Waals surface area contributed by atoms with E-state index in [1.165, 1.54) is 27.5 Å². The summed E-state index contributed by atoms with van der Waals surface area (Å²) in [6, 6.07) is 9.06. The third kappa shape index (κ3) is 2.77. The molecule has 3 aromatic rings. The van der Waals surface area contributed by atoms with Gasteiger partial charge in [0.25, 0.3) is 11.5 Å². The number of fused-ring (bicyclic) bond motifs is 1. The highest BCUT2D eigenvalue weighted by Crippen LogP contribution is 2.21. The van der Waals surface area contributed by atoms with Crippen molar-refractivity contribution < 1.29 is 4.79 Å². The third-order valence-corrected chi connectivity index (χ3v) is 4.59. The van der Waals surface area contributed by atoms with Crippen molar-refractivity contribution >= 4 is 39.7 Å². The quantitative estimate of drug-likeness (QED) is 0.589. The summed E-state index contributed by atoms with van der Waals surface area (Å²) in [4.78, 5) is 30.1. The summed E-state index contributed by atoms with van der Waals surface area (Å²) in [5, 5.41) is 5.01. The van der Waals surface area contributed by atoms with E-state index in [4.69, 9.17) is 0 Å². The topological polar surface area (TPSA) is 63.5 Å². The first kappa shape index (κ1) is 14.8. The van der Waals surface area contributed by atoms with Crippen LogP contribution in [0.5, 0.6) is 0 Å². The second-order valence-corrected chi connectivity index (χ2v) is 6.53. The second-order valence-electron chi connectivity index (χ2n) is 4.41. The second kappa shape index (κ2) is 6.33. The summed E-state index contributed by atoms with van der Waals surface area (Å²) >= 11 is 2.77. The zero-order valence-corrected chi connectivity index (χ0v) is 13.4. The molecule has 0 atom stereocenters. The van der Waals surface area contributed by atoms with Gasteiger partial charge in [0, 0.05) is 17.3 Å². The Morgan fingerprint density at radius 2 is 2.14 bits per heavy atom. The Hall–Kier alpha value is -2.12. The number of thioether (sulfide) groups is 1. The molecule has 2 heterocycles. The first-order chi connectivity index (χ1) is 10.7. The zero-order valence-electron chi connectivity index (χ0n) is 11.8. The molecular weight excluding hydrogens is 318 g/mol. The van der Waals surface area contributed by atoms with E-state index in [1.807, 2.05) is 25.1 Å². The van der Waals surface area contributed by atoms with Gasteiger partial charge in [-0.15, -0.1) is 23.1 Å². The molecule has 2 aromatic heterocycles. The molecule has 0 saturated carbocycles. The Bertz CT molecular complexity index is 871. The summed E-state index contributed by atoms with van der Waals surface area (Å²) in [5.41, 5.74) is 0.400. The van der Waals surface area contributed by atoms with Gasteiger partial charge in [0.05, 0.1) is 0 Å². The Labute approximate surface area is 135 Å². The van der Waals surface area contributed by atoms with E-state index >= 15 is 0 Å². The van der Waals surface area contributed by atoms with Gasteiger partial charge in [-0.3, -0.25) is 14.0 Å². The van der Waals surface area contributed by atoms with Crippen LogP contribution in [0.25, 0.3) is 4.96 Å². The number of amides is 1. The van der Waals surface area contributed by atoms with Gasteiger partial charge in [-0.2, -0.15) is 0 Å². The van der Waals surface area contributed by atoms with Crippen LogP contribution in [0.15, 0.2) is 51.7 Å². The number of carbonyl (C=O) groups excluding carboxylic acids is 1.